The molecule has 1 aromatic carbocycles. The van der Waals surface area contributed by atoms with Gasteiger partial charge in [0.15, 0.2) is 0 Å². The van der Waals surface area contributed by atoms with E-state index in [1.165, 1.54) is 11.2 Å². The van der Waals surface area contributed by atoms with Gasteiger partial charge in [0.25, 0.3) is 0 Å². The summed E-state index contributed by atoms with van der Waals surface area (Å²) in [6.45, 7) is 0.783. The summed E-state index contributed by atoms with van der Waals surface area (Å²) in [7, 11) is 1.58. The van der Waals surface area contributed by atoms with Crippen LogP contribution in [0.4, 0.5) is 14.6 Å². The number of rotatable bonds is 5. The monoisotopic (exact) mass is 334 g/mol. The van der Waals surface area contributed by atoms with Gasteiger partial charge >= 0.3 is 0 Å². The van der Waals surface area contributed by atoms with Crippen LogP contribution in [0.25, 0.3) is 10.9 Å². The van der Waals surface area contributed by atoms with Crippen LogP contribution in [0.5, 0.6) is 0 Å². The highest BCUT2D eigenvalue weighted by molar-refractivity contribution is 5.93. The van der Waals surface area contributed by atoms with E-state index in [1.807, 2.05) is 29.2 Å². The van der Waals surface area contributed by atoms with Gasteiger partial charge in [-0.15, -0.1) is 0 Å². The van der Waals surface area contributed by atoms with E-state index in [0.29, 0.717) is 6.42 Å². The van der Waals surface area contributed by atoms with Crippen LogP contribution in [0.15, 0.2) is 30.6 Å². The molecular weight excluding hydrogens is 314 g/mol. The number of carbonyl (C=O) groups excluding carboxylic acids is 1. The predicted molar refractivity (Wildman–Crippen MR) is 88.2 cm³/mol. The summed E-state index contributed by atoms with van der Waals surface area (Å²) >= 11 is 0. The molecule has 24 heavy (non-hydrogen) atoms. The van der Waals surface area contributed by atoms with Crippen LogP contribution in [0.2, 0.25) is 0 Å². The summed E-state index contributed by atoms with van der Waals surface area (Å²) in [5.74, 6) is 0.606. The van der Waals surface area contributed by atoms with Gasteiger partial charge in [0, 0.05) is 31.9 Å². The van der Waals surface area contributed by atoms with Crippen LogP contribution in [-0.2, 0) is 4.79 Å². The van der Waals surface area contributed by atoms with E-state index in [2.05, 4.69) is 9.97 Å². The van der Waals surface area contributed by atoms with E-state index < -0.39 is 6.43 Å². The van der Waals surface area contributed by atoms with Gasteiger partial charge in [0.1, 0.15) is 18.2 Å². The van der Waals surface area contributed by atoms with Crippen molar-refractivity contribution in [3.05, 3.63) is 30.6 Å². The second-order valence-electron chi connectivity index (χ2n) is 6.01. The quantitative estimate of drug-likeness (QED) is 0.844. The maximum Gasteiger partial charge on any atom is 0.245 e. The van der Waals surface area contributed by atoms with Gasteiger partial charge in [-0.2, -0.15) is 0 Å². The van der Waals surface area contributed by atoms with Crippen molar-refractivity contribution >= 4 is 22.6 Å². The van der Waals surface area contributed by atoms with Crippen LogP contribution in [0.3, 0.4) is 0 Å². The minimum absolute atomic E-state index is 0.0609. The number of fused-ring (bicyclic) bond motifs is 1. The molecule has 128 valence electrons. The van der Waals surface area contributed by atoms with E-state index in [0.717, 1.165) is 29.7 Å². The molecule has 1 aromatic heterocycles. The molecule has 0 spiro atoms. The lowest BCUT2D eigenvalue weighted by atomic mass is 10.1. The average Bonchev–Trinajstić information content (AvgIpc) is 3.07. The summed E-state index contributed by atoms with van der Waals surface area (Å²) in [6, 6.07) is 7.31. The number of alkyl halides is 2. The number of likely N-dealkylation sites (N-methyl/N-ethyl adjacent to an activating group) is 1. The molecule has 0 aliphatic carbocycles. The molecule has 3 rings (SSSR count). The highest BCUT2D eigenvalue weighted by Gasteiger charge is 2.34. The number of hydrogen-bond donors (Lipinski definition) is 0. The van der Waals surface area contributed by atoms with E-state index in [9.17, 15) is 13.6 Å². The third kappa shape index (κ3) is 3.29. The Hall–Kier alpha value is -2.31. The number of amides is 1. The molecule has 1 atom stereocenters. The largest absolute Gasteiger partial charge is 0.344 e. The van der Waals surface area contributed by atoms with Crippen LogP contribution >= 0.6 is 0 Å². The van der Waals surface area contributed by atoms with Crippen molar-refractivity contribution in [1.29, 1.82) is 0 Å². The van der Waals surface area contributed by atoms with Crippen LogP contribution in [0.1, 0.15) is 19.3 Å². The van der Waals surface area contributed by atoms with Crippen molar-refractivity contribution in [2.45, 2.75) is 31.7 Å². The fraction of sp³-hybridized carbons (Fsp3) is 0.471. The lowest BCUT2D eigenvalue weighted by Gasteiger charge is -2.29. The number of benzene rings is 1. The Morgan fingerprint density at radius 1 is 1.38 bits per heavy atom. The Bertz CT molecular complexity index is 719. The van der Waals surface area contributed by atoms with Crippen LogP contribution < -0.4 is 4.90 Å². The zero-order valence-corrected chi connectivity index (χ0v) is 13.5. The number of para-hydroxylation sites is 1. The highest BCUT2D eigenvalue weighted by atomic mass is 19.3. The predicted octanol–water partition coefficient (Wildman–Crippen LogP) is 2.71. The van der Waals surface area contributed by atoms with E-state index in [-0.39, 0.29) is 24.9 Å². The fourth-order valence-electron chi connectivity index (χ4n) is 3.15. The molecule has 1 aliphatic rings. The van der Waals surface area contributed by atoms with Crippen molar-refractivity contribution in [3.8, 4) is 0 Å². The van der Waals surface area contributed by atoms with Crippen molar-refractivity contribution < 1.29 is 13.6 Å². The summed E-state index contributed by atoms with van der Waals surface area (Å²) in [5, 5.41) is 0.898. The first-order valence-corrected chi connectivity index (χ1v) is 8.07. The highest BCUT2D eigenvalue weighted by Crippen LogP contribution is 2.30. The maximum atomic E-state index is 12.7. The van der Waals surface area contributed by atoms with Crippen molar-refractivity contribution in [1.82, 2.24) is 14.9 Å². The number of carbonyl (C=O) groups is 1. The zero-order chi connectivity index (χ0) is 17.1. The second-order valence-corrected chi connectivity index (χ2v) is 6.01. The molecule has 0 N–H and O–H groups in total. The molecule has 1 unspecified atom stereocenters. The van der Waals surface area contributed by atoms with Gasteiger partial charge in [-0.25, -0.2) is 18.7 Å². The Morgan fingerprint density at radius 2 is 2.17 bits per heavy atom. The number of hydrogen-bond acceptors (Lipinski definition) is 4. The molecule has 5 nitrogen and oxygen atoms in total. The first kappa shape index (κ1) is 16.5. The van der Waals surface area contributed by atoms with E-state index >= 15 is 0 Å². The van der Waals surface area contributed by atoms with Gasteiger partial charge in [-0.1, -0.05) is 12.1 Å². The van der Waals surface area contributed by atoms with E-state index in [4.69, 9.17) is 0 Å². The SMILES string of the molecule is CN(CCC(F)F)C(=O)C1CCCN1c1ncnc2ccccc12. The van der Waals surface area contributed by atoms with Crippen molar-refractivity contribution in [2.24, 2.45) is 0 Å². The lowest BCUT2D eigenvalue weighted by molar-refractivity contribution is -0.131. The van der Waals surface area contributed by atoms with Crippen LogP contribution in [0, 0.1) is 0 Å². The second kappa shape index (κ2) is 7.07. The Labute approximate surface area is 139 Å². The third-order valence-corrected chi connectivity index (χ3v) is 4.39. The molecular formula is C17H20F2N4O. The fourth-order valence-corrected chi connectivity index (χ4v) is 3.15. The Kier molecular flexibility index (Phi) is 4.87. The Morgan fingerprint density at radius 3 is 2.96 bits per heavy atom. The molecule has 2 heterocycles. The van der Waals surface area contributed by atoms with Gasteiger partial charge in [0.2, 0.25) is 12.3 Å². The number of aromatic nitrogens is 2. The first-order valence-electron chi connectivity index (χ1n) is 8.07. The molecule has 2 aromatic rings. The molecule has 1 aliphatic heterocycles. The third-order valence-electron chi connectivity index (χ3n) is 4.39. The summed E-state index contributed by atoms with van der Waals surface area (Å²) < 4.78 is 24.8. The zero-order valence-electron chi connectivity index (χ0n) is 13.5. The summed E-state index contributed by atoms with van der Waals surface area (Å²) in [6.07, 6.45) is 0.377. The number of nitrogens with zero attached hydrogens (tertiary/aromatic N) is 4. The van der Waals surface area contributed by atoms with Crippen LogP contribution in [-0.4, -0.2) is 53.4 Å². The van der Waals surface area contributed by atoms with Crippen molar-refractivity contribution in [3.63, 3.8) is 0 Å². The van der Waals surface area contributed by atoms with Crippen molar-refractivity contribution in [2.75, 3.05) is 25.0 Å². The molecule has 0 radical (unpaired) electrons. The first-order chi connectivity index (χ1) is 11.6. The molecule has 0 saturated carbocycles. The molecule has 1 fully saturated rings. The smallest absolute Gasteiger partial charge is 0.245 e. The minimum Gasteiger partial charge on any atom is -0.344 e. The standard InChI is InChI=1S/C17H20F2N4O/c1-22(10-8-15(18)19)17(24)14-7-4-9-23(14)16-12-5-2-3-6-13(12)20-11-21-16/h2-3,5-6,11,14-15H,4,7-10H2,1H3. The lowest BCUT2D eigenvalue weighted by Crippen LogP contribution is -2.45. The van der Waals surface area contributed by atoms with Gasteiger partial charge in [0.05, 0.1) is 5.52 Å². The minimum atomic E-state index is -2.40. The average molecular weight is 334 g/mol. The Balaban J connectivity index is 1.83. The summed E-state index contributed by atoms with van der Waals surface area (Å²) in [4.78, 5) is 24.7. The normalized spacial score (nSPS) is 17.7. The summed E-state index contributed by atoms with van der Waals surface area (Å²) in [5.41, 5.74) is 0.826. The van der Waals surface area contributed by atoms with Gasteiger partial charge in [-0.3, -0.25) is 4.79 Å². The maximum absolute atomic E-state index is 12.7. The van der Waals surface area contributed by atoms with Gasteiger partial charge < -0.3 is 9.80 Å². The van der Waals surface area contributed by atoms with Gasteiger partial charge in [-0.05, 0) is 25.0 Å². The number of halogens is 2. The molecule has 1 saturated heterocycles. The molecule has 0 bridgehead atoms. The number of anilines is 1. The topological polar surface area (TPSA) is 49.3 Å². The molecule has 7 heteroatoms. The molecule has 1 amide bonds. The van der Waals surface area contributed by atoms with E-state index in [1.54, 1.807) is 7.05 Å².